The summed E-state index contributed by atoms with van der Waals surface area (Å²) in [6.45, 7) is 0.552. The molecule has 23 heavy (non-hydrogen) atoms. The van der Waals surface area contributed by atoms with Crippen LogP contribution < -0.4 is 5.32 Å². The van der Waals surface area contributed by atoms with E-state index in [0.717, 1.165) is 23.2 Å². The molecule has 0 aliphatic heterocycles. The molecule has 4 rings (SSSR count). The van der Waals surface area contributed by atoms with Gasteiger partial charge in [0.1, 0.15) is 0 Å². The second-order valence-corrected chi connectivity index (χ2v) is 6.89. The molecule has 5 heteroatoms. The Morgan fingerprint density at radius 1 is 1.30 bits per heavy atom. The first kappa shape index (κ1) is 14.4. The predicted octanol–water partition coefficient (Wildman–Crippen LogP) is 2.71. The van der Waals surface area contributed by atoms with Crippen LogP contribution in [0.2, 0.25) is 0 Å². The number of carbonyl (C=O) groups is 1. The summed E-state index contributed by atoms with van der Waals surface area (Å²) in [5.74, 6) is 3.27. The normalized spacial score (nSPS) is 25.7. The van der Waals surface area contributed by atoms with Gasteiger partial charge < -0.3 is 5.32 Å². The van der Waals surface area contributed by atoms with Crippen LogP contribution in [0.25, 0.3) is 5.82 Å². The second kappa shape index (κ2) is 6.14. The average molecular weight is 310 g/mol. The Labute approximate surface area is 136 Å². The van der Waals surface area contributed by atoms with Crippen molar-refractivity contribution >= 4 is 5.91 Å². The van der Waals surface area contributed by atoms with E-state index in [2.05, 4.69) is 15.4 Å². The first-order chi connectivity index (χ1) is 11.3. The van der Waals surface area contributed by atoms with Gasteiger partial charge in [-0.05, 0) is 60.8 Å². The van der Waals surface area contributed by atoms with Crippen LogP contribution >= 0.6 is 0 Å². The molecule has 2 aromatic rings. The summed E-state index contributed by atoms with van der Waals surface area (Å²) in [4.78, 5) is 16.5. The number of hydrogen-bond acceptors (Lipinski definition) is 3. The number of rotatable bonds is 5. The summed E-state index contributed by atoms with van der Waals surface area (Å²) in [7, 11) is 0. The summed E-state index contributed by atoms with van der Waals surface area (Å²) < 4.78 is 1.72. The maximum Gasteiger partial charge on any atom is 0.220 e. The lowest BCUT2D eigenvalue weighted by molar-refractivity contribution is -0.122. The quantitative estimate of drug-likeness (QED) is 0.923. The Hall–Kier alpha value is -2.17. The van der Waals surface area contributed by atoms with Gasteiger partial charge in [0.05, 0.1) is 0 Å². The Balaban J connectivity index is 1.32. The zero-order valence-electron chi connectivity index (χ0n) is 13.2. The maximum atomic E-state index is 12.2. The van der Waals surface area contributed by atoms with Crippen LogP contribution in [0.5, 0.6) is 0 Å². The molecule has 2 aromatic heterocycles. The van der Waals surface area contributed by atoms with Crippen LogP contribution in [0.1, 0.15) is 37.7 Å². The van der Waals surface area contributed by atoms with Crippen molar-refractivity contribution in [3.8, 4) is 5.82 Å². The number of carbonyl (C=O) groups excluding carboxylic acids is 1. The third-order valence-electron chi connectivity index (χ3n) is 5.37. The van der Waals surface area contributed by atoms with Gasteiger partial charge in [0, 0.05) is 31.6 Å². The molecule has 120 valence electrons. The lowest BCUT2D eigenvalue weighted by atomic mass is 9.86. The average Bonchev–Trinajstić information content (AvgIpc) is 3.30. The minimum atomic E-state index is 0.181. The van der Waals surface area contributed by atoms with Crippen molar-refractivity contribution in [1.82, 2.24) is 20.1 Å². The van der Waals surface area contributed by atoms with E-state index >= 15 is 0 Å². The number of nitrogens with one attached hydrogen (secondary N) is 1. The molecule has 2 aliphatic rings. The molecule has 1 N–H and O–H groups in total. The fourth-order valence-electron chi connectivity index (χ4n) is 4.24. The zero-order valence-corrected chi connectivity index (χ0v) is 13.2. The van der Waals surface area contributed by atoms with E-state index in [1.165, 1.54) is 25.7 Å². The first-order valence-electron chi connectivity index (χ1n) is 8.49. The first-order valence-corrected chi connectivity index (χ1v) is 8.49. The van der Waals surface area contributed by atoms with Gasteiger partial charge >= 0.3 is 0 Å². The highest BCUT2D eigenvalue weighted by atomic mass is 16.1. The molecular formula is C18H22N4O. The number of nitrogens with zero attached hydrogens (tertiary/aromatic N) is 3. The number of hydrogen-bond donors (Lipinski definition) is 1. The van der Waals surface area contributed by atoms with E-state index in [-0.39, 0.29) is 5.91 Å². The molecule has 0 unspecified atom stereocenters. The molecule has 2 bridgehead atoms. The molecule has 2 fully saturated rings. The molecule has 2 heterocycles. The van der Waals surface area contributed by atoms with Crippen LogP contribution in [0.3, 0.4) is 0 Å². The van der Waals surface area contributed by atoms with Crippen molar-refractivity contribution in [1.29, 1.82) is 0 Å². The van der Waals surface area contributed by atoms with Gasteiger partial charge in [0.25, 0.3) is 0 Å². The van der Waals surface area contributed by atoms with Gasteiger partial charge in [0.15, 0.2) is 5.82 Å². The van der Waals surface area contributed by atoms with Crippen LogP contribution in [0.15, 0.2) is 36.8 Å². The van der Waals surface area contributed by atoms with Crippen molar-refractivity contribution < 1.29 is 4.79 Å². The molecular weight excluding hydrogens is 288 g/mol. The molecule has 1 amide bonds. The van der Waals surface area contributed by atoms with E-state index in [4.69, 9.17) is 0 Å². The number of pyridine rings is 1. The fraction of sp³-hybridized carbons (Fsp3) is 0.500. The maximum absolute atomic E-state index is 12.2. The fourth-order valence-corrected chi connectivity index (χ4v) is 4.24. The number of aromatic nitrogens is 3. The van der Waals surface area contributed by atoms with E-state index in [0.29, 0.717) is 18.9 Å². The minimum absolute atomic E-state index is 0.181. The highest BCUT2D eigenvalue weighted by molar-refractivity contribution is 5.76. The number of fused-ring (bicyclic) bond motifs is 2. The predicted molar refractivity (Wildman–Crippen MR) is 86.8 cm³/mol. The molecule has 2 saturated carbocycles. The molecule has 3 atom stereocenters. The zero-order chi connectivity index (χ0) is 15.6. The lowest BCUT2D eigenvalue weighted by Crippen LogP contribution is -2.27. The van der Waals surface area contributed by atoms with Gasteiger partial charge in [-0.2, -0.15) is 5.10 Å². The monoisotopic (exact) mass is 310 g/mol. The van der Waals surface area contributed by atoms with Crippen molar-refractivity contribution in [3.63, 3.8) is 0 Å². The Kier molecular flexibility index (Phi) is 3.85. The Morgan fingerprint density at radius 3 is 3.00 bits per heavy atom. The van der Waals surface area contributed by atoms with Crippen LogP contribution in [-0.4, -0.2) is 20.7 Å². The summed E-state index contributed by atoms with van der Waals surface area (Å²) in [5.41, 5.74) is 1.05. The van der Waals surface area contributed by atoms with Crippen molar-refractivity contribution in [2.24, 2.45) is 17.8 Å². The largest absolute Gasteiger partial charge is 0.352 e. The molecule has 0 aromatic carbocycles. The van der Waals surface area contributed by atoms with Crippen molar-refractivity contribution in [3.05, 3.63) is 42.4 Å². The number of amides is 1. The highest BCUT2D eigenvalue weighted by Gasteiger charge is 2.39. The van der Waals surface area contributed by atoms with Crippen molar-refractivity contribution in [2.45, 2.75) is 38.6 Å². The third-order valence-corrected chi connectivity index (χ3v) is 5.37. The van der Waals surface area contributed by atoms with Gasteiger partial charge in [-0.25, -0.2) is 9.67 Å². The van der Waals surface area contributed by atoms with E-state index in [1.54, 1.807) is 17.1 Å². The van der Waals surface area contributed by atoms with Gasteiger partial charge in [-0.3, -0.25) is 4.79 Å². The van der Waals surface area contributed by atoms with Crippen LogP contribution in [0.4, 0.5) is 0 Å². The molecule has 0 spiro atoms. The van der Waals surface area contributed by atoms with Gasteiger partial charge in [-0.1, -0.05) is 6.42 Å². The summed E-state index contributed by atoms with van der Waals surface area (Å²) >= 11 is 0. The van der Waals surface area contributed by atoms with Crippen LogP contribution in [-0.2, 0) is 11.3 Å². The standard InChI is InChI=1S/C18H22N4O/c23-18(11-16-9-13-2-3-15(16)8-13)20-12-14-4-6-19-17(10-14)22-7-1-5-21-22/h1,4-7,10,13,15-16H,2-3,8-9,11-12H2,(H,20,23)/t13-,15-,16+/m0/s1. The topological polar surface area (TPSA) is 59.8 Å². The summed E-state index contributed by atoms with van der Waals surface area (Å²) in [6, 6.07) is 5.76. The second-order valence-electron chi connectivity index (χ2n) is 6.89. The molecule has 0 saturated heterocycles. The van der Waals surface area contributed by atoms with E-state index in [1.807, 2.05) is 24.4 Å². The third kappa shape index (κ3) is 3.14. The van der Waals surface area contributed by atoms with Gasteiger partial charge in [-0.15, -0.1) is 0 Å². The minimum Gasteiger partial charge on any atom is -0.352 e. The van der Waals surface area contributed by atoms with Gasteiger partial charge in [0.2, 0.25) is 5.91 Å². The van der Waals surface area contributed by atoms with Crippen LogP contribution in [0, 0.1) is 17.8 Å². The Morgan fingerprint density at radius 2 is 2.26 bits per heavy atom. The SMILES string of the molecule is O=C(C[C@H]1C[C@H]2CC[C@H]1C2)NCc1ccnc(-n2cccn2)c1. The summed E-state index contributed by atoms with van der Waals surface area (Å²) in [6.07, 6.45) is 11.4. The van der Waals surface area contributed by atoms with E-state index in [9.17, 15) is 4.79 Å². The lowest BCUT2D eigenvalue weighted by Gasteiger charge is -2.20. The molecule has 2 aliphatic carbocycles. The van der Waals surface area contributed by atoms with E-state index < -0.39 is 0 Å². The Bertz CT molecular complexity index is 682. The molecule has 0 radical (unpaired) electrons. The summed E-state index contributed by atoms with van der Waals surface area (Å²) in [5, 5.41) is 7.24. The molecule has 5 nitrogen and oxygen atoms in total. The van der Waals surface area contributed by atoms with Crippen molar-refractivity contribution in [2.75, 3.05) is 0 Å². The smallest absolute Gasteiger partial charge is 0.220 e. The highest BCUT2D eigenvalue weighted by Crippen LogP contribution is 2.49.